The van der Waals surface area contributed by atoms with Gasteiger partial charge in [0.1, 0.15) is 0 Å². The molecule has 0 heterocycles. The van der Waals surface area contributed by atoms with Gasteiger partial charge in [0.15, 0.2) is 7.95 Å². The maximum absolute atomic E-state index is 10.6. The molecule has 1 radical (unpaired) electrons. The maximum atomic E-state index is 10.6. The molecule has 0 aliphatic rings. The second-order valence-corrected chi connectivity index (χ2v) is 2.83. The molecule has 0 aliphatic carbocycles. The fraction of sp³-hybridized carbons (Fsp3) is 0. The monoisotopic (exact) mass is 140 g/mol. The van der Waals surface area contributed by atoms with E-state index in [0.29, 0.717) is 5.30 Å². The normalized spacial score (nSPS) is 11.0. The van der Waals surface area contributed by atoms with E-state index >= 15 is 0 Å². The molecule has 1 rings (SSSR count). The Morgan fingerprint density at radius 3 is 2.11 bits per heavy atom. The van der Waals surface area contributed by atoms with Gasteiger partial charge in [-0.15, -0.1) is 0 Å². The first-order valence-corrected chi connectivity index (χ1v) is 3.90. The molecule has 0 aromatic heterocycles. The third kappa shape index (κ3) is 1.60. The van der Waals surface area contributed by atoms with Crippen LogP contribution in [-0.4, -0.2) is 0 Å². The van der Waals surface area contributed by atoms with Crippen molar-refractivity contribution in [1.82, 2.24) is 0 Å². The van der Waals surface area contributed by atoms with Gasteiger partial charge in [0.25, 0.3) is 0 Å². The van der Waals surface area contributed by atoms with Crippen LogP contribution < -0.4 is 10.8 Å². The fourth-order valence-electron chi connectivity index (χ4n) is 0.575. The smallest absolute Gasteiger partial charge is 0.176 e. The van der Waals surface area contributed by atoms with Crippen LogP contribution in [0.15, 0.2) is 30.3 Å². The topological polar surface area (TPSA) is 43.1 Å². The number of benzene rings is 1. The summed E-state index contributed by atoms with van der Waals surface area (Å²) in [5.41, 5.74) is 5.12. The van der Waals surface area contributed by atoms with E-state index in [0.717, 1.165) is 0 Å². The average Bonchev–Trinajstić information content (AvgIpc) is 1.90. The van der Waals surface area contributed by atoms with Crippen LogP contribution in [0.25, 0.3) is 0 Å². The quantitative estimate of drug-likeness (QED) is 0.591. The van der Waals surface area contributed by atoms with Gasteiger partial charge in [-0.1, -0.05) is 18.2 Å². The molecule has 1 atom stereocenters. The number of rotatable bonds is 1. The number of hydrogen-bond acceptors (Lipinski definition) is 1. The van der Waals surface area contributed by atoms with Crippen molar-refractivity contribution >= 4 is 13.3 Å². The van der Waals surface area contributed by atoms with Crippen LogP contribution in [0.2, 0.25) is 0 Å². The molecular weight excluding hydrogens is 133 g/mol. The summed E-state index contributed by atoms with van der Waals surface area (Å²) < 4.78 is 10.6. The Morgan fingerprint density at radius 2 is 1.78 bits per heavy atom. The van der Waals surface area contributed by atoms with Crippen molar-refractivity contribution in [3.05, 3.63) is 30.3 Å². The minimum absolute atomic E-state index is 0.701. The third-order valence-electron chi connectivity index (χ3n) is 1.01. The molecule has 2 nitrogen and oxygen atoms in total. The van der Waals surface area contributed by atoms with E-state index in [-0.39, 0.29) is 0 Å². The van der Waals surface area contributed by atoms with Crippen molar-refractivity contribution in [3.63, 3.8) is 0 Å². The van der Waals surface area contributed by atoms with Gasteiger partial charge in [-0.25, -0.2) is 0 Å². The minimum Gasteiger partial charge on any atom is -0.265 e. The number of nitrogens with two attached hydrogens (primary N) is 1. The Labute approximate surface area is 54.5 Å². The average molecular weight is 140 g/mol. The SMILES string of the molecule is N[P](=O)c1ccccc1. The second kappa shape index (κ2) is 2.72. The van der Waals surface area contributed by atoms with Crippen LogP contribution >= 0.6 is 7.95 Å². The summed E-state index contributed by atoms with van der Waals surface area (Å²) in [5, 5.41) is 0.701. The van der Waals surface area contributed by atoms with Crippen molar-refractivity contribution in [1.29, 1.82) is 0 Å². The van der Waals surface area contributed by atoms with E-state index in [9.17, 15) is 4.57 Å². The third-order valence-corrected chi connectivity index (χ3v) is 1.82. The van der Waals surface area contributed by atoms with E-state index in [4.69, 9.17) is 5.50 Å². The van der Waals surface area contributed by atoms with Gasteiger partial charge in [-0.3, -0.25) is 10.1 Å². The van der Waals surface area contributed by atoms with E-state index in [1.54, 1.807) is 12.1 Å². The lowest BCUT2D eigenvalue weighted by Gasteiger charge is -1.89. The molecule has 47 valence electrons. The van der Waals surface area contributed by atoms with Crippen LogP contribution in [0, 0.1) is 0 Å². The van der Waals surface area contributed by atoms with Crippen LogP contribution in [0.5, 0.6) is 0 Å². The van der Waals surface area contributed by atoms with E-state index < -0.39 is 7.95 Å². The molecule has 0 bridgehead atoms. The second-order valence-electron chi connectivity index (χ2n) is 1.66. The standard InChI is InChI=1S/C6H7NOP/c7-9(8)6-4-2-1-3-5-6/h1-5H,(H2,7,8). The van der Waals surface area contributed by atoms with Crippen LogP contribution in [-0.2, 0) is 4.57 Å². The van der Waals surface area contributed by atoms with Crippen LogP contribution in [0.1, 0.15) is 0 Å². The predicted octanol–water partition coefficient (Wildman–Crippen LogP) is 1.01. The first-order valence-electron chi connectivity index (χ1n) is 2.58. The van der Waals surface area contributed by atoms with Gasteiger partial charge in [-0.2, -0.15) is 0 Å². The molecule has 0 aliphatic heterocycles. The zero-order chi connectivity index (χ0) is 6.69. The summed E-state index contributed by atoms with van der Waals surface area (Å²) in [4.78, 5) is 0. The molecule has 1 aromatic rings. The highest BCUT2D eigenvalue weighted by Gasteiger charge is 1.92. The van der Waals surface area contributed by atoms with Gasteiger partial charge in [-0.05, 0) is 12.1 Å². The molecule has 3 heteroatoms. The highest BCUT2D eigenvalue weighted by Crippen LogP contribution is 2.05. The van der Waals surface area contributed by atoms with Crippen molar-refractivity contribution < 1.29 is 4.57 Å². The molecule has 0 amide bonds. The zero-order valence-electron chi connectivity index (χ0n) is 4.82. The van der Waals surface area contributed by atoms with Gasteiger partial charge in [0.05, 0.1) is 0 Å². The minimum atomic E-state index is -1.65. The Kier molecular flexibility index (Phi) is 1.93. The predicted molar refractivity (Wildman–Crippen MR) is 37.9 cm³/mol. The lowest BCUT2D eigenvalue weighted by Crippen LogP contribution is -1.98. The summed E-state index contributed by atoms with van der Waals surface area (Å²) in [6.45, 7) is 0. The van der Waals surface area contributed by atoms with Gasteiger partial charge in [0, 0.05) is 5.30 Å². The Hall–Kier alpha value is -0.720. The molecule has 9 heavy (non-hydrogen) atoms. The molecule has 0 spiro atoms. The molecule has 2 N–H and O–H groups in total. The van der Waals surface area contributed by atoms with Gasteiger partial charge in [0.2, 0.25) is 0 Å². The summed E-state index contributed by atoms with van der Waals surface area (Å²) in [7, 11) is -1.65. The van der Waals surface area contributed by atoms with Crippen molar-refractivity contribution in [2.45, 2.75) is 0 Å². The summed E-state index contributed by atoms with van der Waals surface area (Å²) >= 11 is 0. The summed E-state index contributed by atoms with van der Waals surface area (Å²) in [6, 6.07) is 8.99. The Morgan fingerprint density at radius 1 is 1.22 bits per heavy atom. The van der Waals surface area contributed by atoms with Crippen molar-refractivity contribution in [3.8, 4) is 0 Å². The highest BCUT2D eigenvalue weighted by molar-refractivity contribution is 7.50. The molecular formula is C6H7NOP. The maximum Gasteiger partial charge on any atom is 0.176 e. The van der Waals surface area contributed by atoms with Gasteiger partial charge >= 0.3 is 0 Å². The van der Waals surface area contributed by atoms with E-state index in [1.807, 2.05) is 18.2 Å². The van der Waals surface area contributed by atoms with Crippen molar-refractivity contribution in [2.75, 3.05) is 0 Å². The van der Waals surface area contributed by atoms with Crippen molar-refractivity contribution in [2.24, 2.45) is 5.50 Å². The largest absolute Gasteiger partial charge is 0.265 e. The molecule has 0 fully saturated rings. The molecule has 1 unspecified atom stereocenters. The van der Waals surface area contributed by atoms with Crippen LogP contribution in [0.3, 0.4) is 0 Å². The molecule has 1 aromatic carbocycles. The first-order chi connectivity index (χ1) is 4.30. The fourth-order valence-corrected chi connectivity index (χ4v) is 1.04. The molecule has 0 saturated carbocycles. The summed E-state index contributed by atoms with van der Waals surface area (Å²) in [6.07, 6.45) is 0. The molecule has 0 saturated heterocycles. The first kappa shape index (κ1) is 6.40. The van der Waals surface area contributed by atoms with Crippen LogP contribution in [0.4, 0.5) is 0 Å². The Balaban J connectivity index is 2.98. The number of hydrogen-bond donors (Lipinski definition) is 1. The summed E-state index contributed by atoms with van der Waals surface area (Å²) in [5.74, 6) is 0. The Bertz CT molecular complexity index is 210. The van der Waals surface area contributed by atoms with E-state index in [2.05, 4.69) is 0 Å². The highest BCUT2D eigenvalue weighted by atomic mass is 31.1. The van der Waals surface area contributed by atoms with Gasteiger partial charge < -0.3 is 0 Å². The van der Waals surface area contributed by atoms with E-state index in [1.165, 1.54) is 0 Å². The zero-order valence-corrected chi connectivity index (χ0v) is 5.71. The lowest BCUT2D eigenvalue weighted by molar-refractivity contribution is 0.594. The lowest BCUT2D eigenvalue weighted by atomic mass is 10.4.